The molecule has 0 amide bonds. The summed E-state index contributed by atoms with van der Waals surface area (Å²) in [6.45, 7) is 6.31. The number of aryl methyl sites for hydroxylation is 1. The molecule has 6 nitrogen and oxygen atoms in total. The van der Waals surface area contributed by atoms with Crippen LogP contribution in [0.3, 0.4) is 0 Å². The third-order valence-corrected chi connectivity index (χ3v) is 4.43. The third kappa shape index (κ3) is 1.85. The first-order valence-electron chi connectivity index (χ1n) is 7.31. The molecule has 0 saturated heterocycles. The summed E-state index contributed by atoms with van der Waals surface area (Å²) < 4.78 is 2.08. The number of hydrogen-bond donors (Lipinski definition) is 0. The van der Waals surface area contributed by atoms with Gasteiger partial charge in [-0.1, -0.05) is 0 Å². The molecule has 2 aromatic heterocycles. The van der Waals surface area contributed by atoms with E-state index in [1.54, 1.807) is 6.20 Å². The molecule has 0 N–H and O–H groups in total. The molecule has 0 radical (unpaired) electrons. The van der Waals surface area contributed by atoms with Crippen LogP contribution in [0.15, 0.2) is 6.20 Å². The maximum absolute atomic E-state index is 6.04. The van der Waals surface area contributed by atoms with E-state index in [1.807, 2.05) is 6.92 Å². The molecular formula is C14H17ClN6. The third-order valence-electron chi connectivity index (χ3n) is 4.25. The lowest BCUT2D eigenvalue weighted by atomic mass is 10.0. The molecule has 1 atom stereocenters. The normalized spacial score (nSPS) is 20.6. The van der Waals surface area contributed by atoms with Gasteiger partial charge in [-0.2, -0.15) is 4.98 Å². The van der Waals surface area contributed by atoms with Crippen LogP contribution in [0.1, 0.15) is 44.4 Å². The van der Waals surface area contributed by atoms with Gasteiger partial charge in [0.15, 0.2) is 11.6 Å². The summed E-state index contributed by atoms with van der Waals surface area (Å²) in [6, 6.07) is 0.538. The number of halogens is 1. The first-order chi connectivity index (χ1) is 10.1. The molecule has 4 rings (SSSR count). The van der Waals surface area contributed by atoms with Gasteiger partial charge in [0.2, 0.25) is 5.28 Å². The molecule has 0 unspecified atom stereocenters. The number of nitrogens with zero attached hydrogens (tertiary/aromatic N) is 6. The van der Waals surface area contributed by atoms with Crippen molar-refractivity contribution >= 4 is 17.4 Å². The van der Waals surface area contributed by atoms with Gasteiger partial charge in [0.05, 0.1) is 12.2 Å². The number of rotatable bonds is 2. The summed E-state index contributed by atoms with van der Waals surface area (Å²) in [5.41, 5.74) is 0.919. The van der Waals surface area contributed by atoms with Crippen LogP contribution < -0.4 is 4.90 Å². The van der Waals surface area contributed by atoms with Crippen LogP contribution in [0, 0.1) is 12.8 Å². The highest BCUT2D eigenvalue weighted by Crippen LogP contribution is 2.50. The summed E-state index contributed by atoms with van der Waals surface area (Å²) in [5, 5.41) is 8.99. The van der Waals surface area contributed by atoms with Crippen molar-refractivity contribution in [2.24, 2.45) is 5.92 Å². The molecular weight excluding hydrogens is 288 g/mol. The predicted octanol–water partition coefficient (Wildman–Crippen LogP) is 2.70. The van der Waals surface area contributed by atoms with Gasteiger partial charge in [-0.05, 0) is 51.1 Å². The zero-order valence-electron chi connectivity index (χ0n) is 12.3. The van der Waals surface area contributed by atoms with Crippen molar-refractivity contribution in [2.75, 3.05) is 4.90 Å². The Labute approximate surface area is 128 Å². The standard InChI is InChI=1S/C14H17ClN6/c1-7(2)20-11(9-4-5-9)13-19-18-8(3)21(13)10-6-16-14(15)17-12(10)20/h6-7,9,11H,4-5H2,1-3H3/t11-/m1/s1. The van der Waals surface area contributed by atoms with Crippen molar-refractivity contribution < 1.29 is 0 Å². The average Bonchev–Trinajstić information content (AvgIpc) is 3.20. The molecule has 1 aliphatic heterocycles. The highest BCUT2D eigenvalue weighted by atomic mass is 35.5. The quantitative estimate of drug-likeness (QED) is 0.798. The fourth-order valence-electron chi connectivity index (χ4n) is 3.23. The van der Waals surface area contributed by atoms with Crippen molar-refractivity contribution in [2.45, 2.75) is 45.7 Å². The minimum Gasteiger partial charge on any atom is -0.342 e. The van der Waals surface area contributed by atoms with Crippen LogP contribution in [-0.4, -0.2) is 30.8 Å². The lowest BCUT2D eigenvalue weighted by Crippen LogP contribution is -2.41. The van der Waals surface area contributed by atoms with Crippen molar-refractivity contribution in [3.63, 3.8) is 0 Å². The van der Waals surface area contributed by atoms with Crippen molar-refractivity contribution in [3.8, 4) is 5.69 Å². The summed E-state index contributed by atoms with van der Waals surface area (Å²) in [5.74, 6) is 3.38. The molecule has 1 aliphatic carbocycles. The molecule has 1 saturated carbocycles. The predicted molar refractivity (Wildman–Crippen MR) is 79.8 cm³/mol. The topological polar surface area (TPSA) is 59.7 Å². The van der Waals surface area contributed by atoms with Crippen LogP contribution in [0.2, 0.25) is 5.28 Å². The zero-order valence-corrected chi connectivity index (χ0v) is 13.0. The highest BCUT2D eigenvalue weighted by Gasteiger charge is 2.45. The second-order valence-electron chi connectivity index (χ2n) is 6.07. The maximum atomic E-state index is 6.04. The Morgan fingerprint density at radius 3 is 2.71 bits per heavy atom. The van der Waals surface area contributed by atoms with E-state index in [-0.39, 0.29) is 11.3 Å². The summed E-state index contributed by atoms with van der Waals surface area (Å²) in [7, 11) is 0. The van der Waals surface area contributed by atoms with Crippen LogP contribution >= 0.6 is 11.6 Å². The van der Waals surface area contributed by atoms with Crippen LogP contribution in [0.25, 0.3) is 5.69 Å². The van der Waals surface area contributed by atoms with Gasteiger partial charge in [-0.25, -0.2) is 4.98 Å². The van der Waals surface area contributed by atoms with E-state index < -0.39 is 0 Å². The van der Waals surface area contributed by atoms with Crippen LogP contribution in [-0.2, 0) is 0 Å². The first kappa shape index (κ1) is 13.0. The van der Waals surface area contributed by atoms with Crippen molar-refractivity contribution in [1.82, 2.24) is 24.7 Å². The van der Waals surface area contributed by atoms with Crippen molar-refractivity contribution in [1.29, 1.82) is 0 Å². The van der Waals surface area contributed by atoms with Gasteiger partial charge in [0, 0.05) is 6.04 Å². The van der Waals surface area contributed by atoms with Gasteiger partial charge in [-0.3, -0.25) is 4.57 Å². The van der Waals surface area contributed by atoms with E-state index in [1.165, 1.54) is 12.8 Å². The second-order valence-corrected chi connectivity index (χ2v) is 6.41. The van der Waals surface area contributed by atoms with E-state index in [2.05, 4.69) is 43.5 Å². The number of hydrogen-bond acceptors (Lipinski definition) is 5. The van der Waals surface area contributed by atoms with Gasteiger partial charge in [-0.15, -0.1) is 10.2 Å². The minimum atomic E-state index is 0.227. The van der Waals surface area contributed by atoms with E-state index >= 15 is 0 Å². The number of anilines is 1. The lowest BCUT2D eigenvalue weighted by molar-refractivity contribution is 0.465. The lowest BCUT2D eigenvalue weighted by Gasteiger charge is -2.40. The number of fused-ring (bicyclic) bond motifs is 3. The molecule has 0 spiro atoms. The van der Waals surface area contributed by atoms with Crippen LogP contribution in [0.5, 0.6) is 0 Å². The van der Waals surface area contributed by atoms with E-state index in [0.29, 0.717) is 12.0 Å². The molecule has 0 aromatic carbocycles. The van der Waals surface area contributed by atoms with E-state index in [4.69, 9.17) is 11.6 Å². The number of aromatic nitrogens is 5. The van der Waals surface area contributed by atoms with E-state index in [9.17, 15) is 0 Å². The summed E-state index contributed by atoms with van der Waals surface area (Å²) in [4.78, 5) is 11.0. The average molecular weight is 305 g/mol. The second kappa shape index (κ2) is 4.40. The summed E-state index contributed by atoms with van der Waals surface area (Å²) >= 11 is 6.04. The molecule has 110 valence electrons. The molecule has 2 aromatic rings. The van der Waals surface area contributed by atoms with Gasteiger partial charge < -0.3 is 4.90 Å². The van der Waals surface area contributed by atoms with Gasteiger partial charge >= 0.3 is 0 Å². The smallest absolute Gasteiger partial charge is 0.224 e. The van der Waals surface area contributed by atoms with E-state index in [0.717, 1.165) is 23.2 Å². The molecule has 2 aliphatic rings. The SMILES string of the molecule is Cc1nnc2n1-c1cnc(Cl)nc1N(C(C)C)[C@@H]2C1CC1. The van der Waals surface area contributed by atoms with Gasteiger partial charge in [0.1, 0.15) is 11.5 Å². The van der Waals surface area contributed by atoms with Gasteiger partial charge in [0.25, 0.3) is 0 Å². The zero-order chi connectivity index (χ0) is 14.7. The molecule has 21 heavy (non-hydrogen) atoms. The Morgan fingerprint density at radius 2 is 2.05 bits per heavy atom. The van der Waals surface area contributed by atoms with Crippen molar-refractivity contribution in [3.05, 3.63) is 23.1 Å². The monoisotopic (exact) mass is 304 g/mol. The Bertz CT molecular complexity index is 705. The maximum Gasteiger partial charge on any atom is 0.224 e. The summed E-state index contributed by atoms with van der Waals surface area (Å²) in [6.07, 6.45) is 4.23. The Hall–Kier alpha value is -1.69. The fourth-order valence-corrected chi connectivity index (χ4v) is 3.36. The van der Waals surface area contributed by atoms with Crippen LogP contribution in [0.4, 0.5) is 5.82 Å². The molecule has 0 bridgehead atoms. The minimum absolute atomic E-state index is 0.227. The Morgan fingerprint density at radius 1 is 1.29 bits per heavy atom. The Balaban J connectivity index is 2.00. The molecule has 7 heteroatoms. The molecule has 3 heterocycles. The Kier molecular flexibility index (Phi) is 2.73. The molecule has 1 fully saturated rings. The first-order valence-corrected chi connectivity index (χ1v) is 7.69. The largest absolute Gasteiger partial charge is 0.342 e. The highest BCUT2D eigenvalue weighted by molar-refractivity contribution is 6.28. The fraction of sp³-hybridized carbons (Fsp3) is 0.571.